The summed E-state index contributed by atoms with van der Waals surface area (Å²) in [5, 5.41) is 4.38. The molecule has 2 unspecified atom stereocenters. The third-order valence-electron chi connectivity index (χ3n) is 3.42. The molecular weight excluding hydrogens is 266 g/mol. The third kappa shape index (κ3) is 2.86. The van der Waals surface area contributed by atoms with E-state index in [1.165, 1.54) is 5.69 Å². The van der Waals surface area contributed by atoms with Crippen molar-refractivity contribution >= 4 is 15.9 Å². The average molecular weight is 288 g/mol. The highest BCUT2D eigenvalue weighted by Crippen LogP contribution is 2.24. The summed E-state index contributed by atoms with van der Waals surface area (Å²) in [4.78, 5) is 0. The van der Waals surface area contributed by atoms with Gasteiger partial charge in [0, 0.05) is 19.5 Å². The van der Waals surface area contributed by atoms with Crippen molar-refractivity contribution in [2.45, 2.75) is 40.2 Å². The zero-order valence-electron chi connectivity index (χ0n) is 10.8. The molecule has 0 aliphatic carbocycles. The lowest BCUT2D eigenvalue weighted by Gasteiger charge is -2.23. The number of aromatic nitrogens is 2. The first kappa shape index (κ1) is 13.7. The van der Waals surface area contributed by atoms with Gasteiger partial charge >= 0.3 is 0 Å². The van der Waals surface area contributed by atoms with Crippen LogP contribution in [0.4, 0.5) is 0 Å². The summed E-state index contributed by atoms with van der Waals surface area (Å²) in [6.07, 6.45) is 0.872. The molecule has 0 fully saturated rings. The van der Waals surface area contributed by atoms with Crippen LogP contribution in [-0.2, 0) is 13.5 Å². The van der Waals surface area contributed by atoms with Crippen molar-refractivity contribution < 1.29 is 0 Å². The standard InChI is InChI=1S/C12H22BrN3/c1-7(2)8(3)10(14)6-11-12(13)9(4)15-16(11)5/h7-8,10H,6,14H2,1-5H3. The lowest BCUT2D eigenvalue weighted by Crippen LogP contribution is -2.34. The molecule has 0 aliphatic heterocycles. The van der Waals surface area contributed by atoms with Gasteiger partial charge < -0.3 is 5.73 Å². The molecule has 1 aromatic rings. The first-order chi connectivity index (χ1) is 7.34. The summed E-state index contributed by atoms with van der Waals surface area (Å²) in [5.41, 5.74) is 8.46. The molecular formula is C12H22BrN3. The Kier molecular flexibility index (Phi) is 4.56. The fraction of sp³-hybridized carbons (Fsp3) is 0.750. The van der Waals surface area contributed by atoms with Gasteiger partial charge in [-0.1, -0.05) is 20.8 Å². The molecule has 4 heteroatoms. The van der Waals surface area contributed by atoms with E-state index in [-0.39, 0.29) is 6.04 Å². The highest BCUT2D eigenvalue weighted by molar-refractivity contribution is 9.10. The van der Waals surface area contributed by atoms with Crippen molar-refractivity contribution in [1.82, 2.24) is 9.78 Å². The van der Waals surface area contributed by atoms with Crippen LogP contribution in [0.15, 0.2) is 4.47 Å². The minimum Gasteiger partial charge on any atom is -0.327 e. The van der Waals surface area contributed by atoms with Gasteiger partial charge in [0.05, 0.1) is 15.9 Å². The molecule has 1 rings (SSSR count). The highest BCUT2D eigenvalue weighted by Gasteiger charge is 2.20. The fourth-order valence-electron chi connectivity index (χ4n) is 1.81. The molecule has 0 amide bonds. The summed E-state index contributed by atoms with van der Waals surface area (Å²) in [6, 6.07) is 0.186. The average Bonchev–Trinajstić information content (AvgIpc) is 2.43. The van der Waals surface area contributed by atoms with Crippen molar-refractivity contribution in [2.24, 2.45) is 24.6 Å². The maximum Gasteiger partial charge on any atom is 0.0738 e. The smallest absolute Gasteiger partial charge is 0.0738 e. The van der Waals surface area contributed by atoms with Crippen LogP contribution in [0.3, 0.4) is 0 Å². The molecule has 0 spiro atoms. The molecule has 0 saturated heterocycles. The van der Waals surface area contributed by atoms with Crippen LogP contribution in [0.2, 0.25) is 0 Å². The Labute approximate surface area is 107 Å². The Hall–Kier alpha value is -0.350. The SMILES string of the molecule is Cc1nn(C)c(CC(N)C(C)C(C)C)c1Br. The van der Waals surface area contributed by atoms with Crippen molar-refractivity contribution in [3.63, 3.8) is 0 Å². The molecule has 0 saturated carbocycles. The third-order valence-corrected chi connectivity index (χ3v) is 4.45. The van der Waals surface area contributed by atoms with Crippen LogP contribution in [0.1, 0.15) is 32.2 Å². The van der Waals surface area contributed by atoms with E-state index < -0.39 is 0 Å². The first-order valence-electron chi connectivity index (χ1n) is 5.78. The maximum absolute atomic E-state index is 6.24. The van der Waals surface area contributed by atoms with E-state index in [2.05, 4.69) is 41.8 Å². The zero-order chi connectivity index (χ0) is 12.5. The van der Waals surface area contributed by atoms with Gasteiger partial charge in [-0.2, -0.15) is 5.10 Å². The molecule has 2 atom stereocenters. The van der Waals surface area contributed by atoms with Crippen LogP contribution in [0, 0.1) is 18.8 Å². The molecule has 1 heterocycles. The lowest BCUT2D eigenvalue weighted by atomic mass is 9.88. The number of halogens is 1. The normalized spacial score (nSPS) is 15.5. The number of rotatable bonds is 4. The molecule has 0 radical (unpaired) electrons. The fourth-order valence-corrected chi connectivity index (χ4v) is 2.30. The quantitative estimate of drug-likeness (QED) is 0.925. The van der Waals surface area contributed by atoms with Crippen LogP contribution >= 0.6 is 15.9 Å². The van der Waals surface area contributed by atoms with E-state index in [0.29, 0.717) is 11.8 Å². The van der Waals surface area contributed by atoms with Crippen molar-refractivity contribution in [1.29, 1.82) is 0 Å². The van der Waals surface area contributed by atoms with Crippen LogP contribution < -0.4 is 5.73 Å². The predicted octanol–water partition coefficient (Wildman–Crippen LogP) is 2.65. The Morgan fingerprint density at radius 1 is 1.38 bits per heavy atom. The number of aryl methyl sites for hydroxylation is 2. The van der Waals surface area contributed by atoms with Gasteiger partial charge in [0.1, 0.15) is 0 Å². The van der Waals surface area contributed by atoms with Gasteiger partial charge in [0.25, 0.3) is 0 Å². The van der Waals surface area contributed by atoms with E-state index >= 15 is 0 Å². The summed E-state index contributed by atoms with van der Waals surface area (Å²) >= 11 is 3.58. The molecule has 92 valence electrons. The van der Waals surface area contributed by atoms with Gasteiger partial charge in [-0.05, 0) is 34.7 Å². The van der Waals surface area contributed by atoms with Gasteiger partial charge in [0.15, 0.2) is 0 Å². The summed E-state index contributed by atoms with van der Waals surface area (Å²) in [5.74, 6) is 1.13. The first-order valence-corrected chi connectivity index (χ1v) is 6.57. The highest BCUT2D eigenvalue weighted by atomic mass is 79.9. The van der Waals surface area contributed by atoms with Gasteiger partial charge in [-0.3, -0.25) is 4.68 Å². The van der Waals surface area contributed by atoms with Gasteiger partial charge in [-0.25, -0.2) is 0 Å². The molecule has 16 heavy (non-hydrogen) atoms. The van der Waals surface area contributed by atoms with E-state index in [0.717, 1.165) is 16.6 Å². The van der Waals surface area contributed by atoms with Crippen LogP contribution in [-0.4, -0.2) is 15.8 Å². The lowest BCUT2D eigenvalue weighted by molar-refractivity contribution is 0.340. The minimum atomic E-state index is 0.186. The second-order valence-electron chi connectivity index (χ2n) is 4.94. The van der Waals surface area contributed by atoms with Crippen molar-refractivity contribution in [2.75, 3.05) is 0 Å². The number of nitrogens with zero attached hydrogens (tertiary/aromatic N) is 2. The molecule has 0 aliphatic rings. The van der Waals surface area contributed by atoms with E-state index in [1.54, 1.807) is 0 Å². The summed E-state index contributed by atoms with van der Waals surface area (Å²) in [7, 11) is 1.97. The Balaban J connectivity index is 2.80. The summed E-state index contributed by atoms with van der Waals surface area (Å²) in [6.45, 7) is 8.65. The molecule has 0 aromatic carbocycles. The minimum absolute atomic E-state index is 0.186. The maximum atomic E-state index is 6.24. The van der Waals surface area contributed by atoms with Crippen molar-refractivity contribution in [3.05, 3.63) is 15.9 Å². The van der Waals surface area contributed by atoms with Crippen LogP contribution in [0.25, 0.3) is 0 Å². The molecule has 1 aromatic heterocycles. The Bertz CT molecular complexity index is 357. The summed E-state index contributed by atoms with van der Waals surface area (Å²) < 4.78 is 3.02. The Morgan fingerprint density at radius 2 is 1.94 bits per heavy atom. The molecule has 3 nitrogen and oxygen atoms in total. The molecule has 0 bridgehead atoms. The number of hydrogen-bond donors (Lipinski definition) is 1. The number of hydrogen-bond acceptors (Lipinski definition) is 2. The molecule has 2 N–H and O–H groups in total. The zero-order valence-corrected chi connectivity index (χ0v) is 12.4. The Morgan fingerprint density at radius 3 is 2.31 bits per heavy atom. The van der Waals surface area contributed by atoms with E-state index in [9.17, 15) is 0 Å². The second-order valence-corrected chi connectivity index (χ2v) is 5.73. The predicted molar refractivity (Wildman–Crippen MR) is 71.3 cm³/mol. The monoisotopic (exact) mass is 287 g/mol. The van der Waals surface area contributed by atoms with Gasteiger partial charge in [-0.15, -0.1) is 0 Å². The van der Waals surface area contributed by atoms with Gasteiger partial charge in [0.2, 0.25) is 0 Å². The topological polar surface area (TPSA) is 43.8 Å². The number of nitrogens with two attached hydrogens (primary N) is 1. The van der Waals surface area contributed by atoms with E-state index in [1.807, 2.05) is 18.7 Å². The largest absolute Gasteiger partial charge is 0.327 e. The second kappa shape index (κ2) is 5.32. The van der Waals surface area contributed by atoms with E-state index in [4.69, 9.17) is 5.73 Å². The van der Waals surface area contributed by atoms with Crippen LogP contribution in [0.5, 0.6) is 0 Å². The van der Waals surface area contributed by atoms with Crippen molar-refractivity contribution in [3.8, 4) is 0 Å².